The van der Waals surface area contributed by atoms with E-state index in [-0.39, 0.29) is 0 Å². The van der Waals surface area contributed by atoms with Crippen molar-refractivity contribution in [1.82, 2.24) is 0 Å². The van der Waals surface area contributed by atoms with Crippen LogP contribution in [-0.2, 0) is 0 Å². The van der Waals surface area contributed by atoms with Gasteiger partial charge in [-0.3, -0.25) is 0 Å². The van der Waals surface area contributed by atoms with Crippen molar-refractivity contribution in [2.45, 2.75) is 57.1 Å². The highest BCUT2D eigenvalue weighted by molar-refractivity contribution is 6.66. The summed E-state index contributed by atoms with van der Waals surface area (Å²) in [7, 11) is 0. The second-order valence-electron chi connectivity index (χ2n) is 5.92. The second kappa shape index (κ2) is 4.76. The van der Waals surface area contributed by atoms with Crippen molar-refractivity contribution in [1.29, 1.82) is 0 Å². The van der Waals surface area contributed by atoms with Gasteiger partial charge in [0.05, 0.1) is 0 Å². The highest BCUT2D eigenvalue weighted by Crippen LogP contribution is 2.46. The molecule has 2 heterocycles. The first-order chi connectivity index (χ1) is 8.33. The van der Waals surface area contributed by atoms with E-state index >= 15 is 0 Å². The molecule has 1 N–H and O–H groups in total. The Morgan fingerprint density at radius 1 is 0.941 bits per heavy atom. The molecule has 1 aromatic carbocycles. The highest BCUT2D eigenvalue weighted by atomic mass is 14.8. The van der Waals surface area contributed by atoms with Gasteiger partial charge < -0.3 is 5.23 Å². The Kier molecular flexibility index (Phi) is 3.13. The Labute approximate surface area is 105 Å². The fourth-order valence-corrected chi connectivity index (χ4v) is 3.75. The van der Waals surface area contributed by atoms with Crippen LogP contribution in [0.2, 0.25) is 11.6 Å². The molecule has 90 valence electrons. The van der Waals surface area contributed by atoms with Gasteiger partial charge in [-0.2, -0.15) is 0 Å². The number of benzene rings is 1. The van der Waals surface area contributed by atoms with Gasteiger partial charge in [0, 0.05) is 5.69 Å². The van der Waals surface area contributed by atoms with E-state index in [0.717, 1.165) is 18.5 Å². The van der Waals surface area contributed by atoms with Gasteiger partial charge in [-0.25, -0.2) is 0 Å². The lowest BCUT2D eigenvalue weighted by atomic mass is 9.34. The maximum Gasteiger partial charge on any atom is 0.258 e. The van der Waals surface area contributed by atoms with Crippen LogP contribution in [0.3, 0.4) is 0 Å². The topological polar surface area (TPSA) is 12.0 Å². The van der Waals surface area contributed by atoms with Crippen LogP contribution in [0.15, 0.2) is 24.3 Å². The van der Waals surface area contributed by atoms with Crippen molar-refractivity contribution < 1.29 is 0 Å². The molecule has 2 aliphatic heterocycles. The normalized spacial score (nSPS) is 27.9. The van der Waals surface area contributed by atoms with Crippen LogP contribution in [0, 0.1) is 6.92 Å². The largest absolute Gasteiger partial charge is 0.427 e. The summed E-state index contributed by atoms with van der Waals surface area (Å²) >= 11 is 0. The van der Waals surface area contributed by atoms with Gasteiger partial charge >= 0.3 is 0 Å². The zero-order valence-electron chi connectivity index (χ0n) is 10.8. The first-order valence-corrected chi connectivity index (χ1v) is 7.16. The van der Waals surface area contributed by atoms with E-state index in [2.05, 4.69) is 36.4 Å². The summed E-state index contributed by atoms with van der Waals surface area (Å²) in [5.74, 6) is 1.87. The summed E-state index contributed by atoms with van der Waals surface area (Å²) in [5, 5.41) is 3.81. The summed E-state index contributed by atoms with van der Waals surface area (Å²) < 4.78 is 0. The minimum Gasteiger partial charge on any atom is -0.427 e. The summed E-state index contributed by atoms with van der Waals surface area (Å²) in [6.45, 7) is 2.90. The first-order valence-electron chi connectivity index (χ1n) is 7.16. The Morgan fingerprint density at radius 3 is 2.00 bits per heavy atom. The monoisotopic (exact) mass is 227 g/mol. The zero-order chi connectivity index (χ0) is 11.7. The molecule has 2 heteroatoms. The van der Waals surface area contributed by atoms with Crippen LogP contribution < -0.4 is 5.23 Å². The number of hydrogen-bond acceptors (Lipinski definition) is 1. The van der Waals surface area contributed by atoms with E-state index < -0.39 is 0 Å². The number of hydrogen-bond donors (Lipinski definition) is 1. The maximum atomic E-state index is 3.81. The van der Waals surface area contributed by atoms with Gasteiger partial charge in [0.1, 0.15) is 0 Å². The minimum absolute atomic E-state index is 0.750. The Bertz CT molecular complexity index is 351. The van der Waals surface area contributed by atoms with Gasteiger partial charge in [-0.1, -0.05) is 56.2 Å². The summed E-state index contributed by atoms with van der Waals surface area (Å²) in [6.07, 6.45) is 8.70. The number of fused-ring (bicyclic) bond motifs is 2. The predicted octanol–water partition coefficient (Wildman–Crippen LogP) is 4.51. The molecule has 2 aliphatic rings. The average Bonchev–Trinajstić information content (AvgIpc) is 2.32. The van der Waals surface area contributed by atoms with Gasteiger partial charge in [-0.05, 0) is 30.7 Å². The van der Waals surface area contributed by atoms with Crippen molar-refractivity contribution in [3.05, 3.63) is 29.8 Å². The Hall–Kier alpha value is -0.915. The number of nitrogens with one attached hydrogen (secondary N) is 1. The van der Waals surface area contributed by atoms with E-state index in [1.54, 1.807) is 0 Å². The zero-order valence-corrected chi connectivity index (χ0v) is 10.8. The molecule has 0 amide bonds. The molecule has 0 unspecified atom stereocenters. The molecule has 0 aromatic heterocycles. The van der Waals surface area contributed by atoms with Crippen LogP contribution in [0.1, 0.15) is 44.1 Å². The lowest BCUT2D eigenvalue weighted by Crippen LogP contribution is -2.41. The number of rotatable bonds is 2. The molecule has 1 nitrogen and oxygen atoms in total. The van der Waals surface area contributed by atoms with Crippen molar-refractivity contribution in [2.75, 3.05) is 5.23 Å². The molecule has 1 aromatic rings. The van der Waals surface area contributed by atoms with E-state index in [4.69, 9.17) is 0 Å². The van der Waals surface area contributed by atoms with E-state index in [9.17, 15) is 0 Å². The van der Waals surface area contributed by atoms with E-state index in [0.29, 0.717) is 0 Å². The molecule has 0 radical (unpaired) electrons. The minimum atomic E-state index is 0.750. The highest BCUT2D eigenvalue weighted by Gasteiger charge is 2.39. The molecule has 3 rings (SSSR count). The lowest BCUT2D eigenvalue weighted by Gasteiger charge is -2.40. The number of anilines is 1. The quantitative estimate of drug-likeness (QED) is 0.733. The molecule has 17 heavy (non-hydrogen) atoms. The molecule has 0 spiro atoms. The molecular formula is C15H22BN. The smallest absolute Gasteiger partial charge is 0.258 e. The SMILES string of the molecule is Cc1ccc(NB2C3CCCC2CCC3)cc1. The summed E-state index contributed by atoms with van der Waals surface area (Å²) in [4.78, 5) is 0. The van der Waals surface area contributed by atoms with Gasteiger partial charge in [0.15, 0.2) is 0 Å². The standard InChI is InChI=1S/C15H22BN/c1-12-8-10-15(11-9-12)17-16-13-4-2-5-14(16)7-3-6-13/h8-11,13-14,17H,2-7H2,1H3. The van der Waals surface area contributed by atoms with Crippen molar-refractivity contribution in [2.24, 2.45) is 0 Å². The maximum absolute atomic E-state index is 3.81. The average molecular weight is 227 g/mol. The Balaban J connectivity index is 1.73. The van der Waals surface area contributed by atoms with Crippen LogP contribution >= 0.6 is 0 Å². The molecule has 0 atom stereocenters. The molecule has 0 aliphatic carbocycles. The summed E-state index contributed by atoms with van der Waals surface area (Å²) in [6, 6.07) is 8.89. The molecule has 0 saturated carbocycles. The van der Waals surface area contributed by atoms with E-state index in [1.807, 2.05) is 0 Å². The molecule has 2 bridgehead atoms. The summed E-state index contributed by atoms with van der Waals surface area (Å²) in [5.41, 5.74) is 2.67. The van der Waals surface area contributed by atoms with E-state index in [1.165, 1.54) is 49.8 Å². The van der Waals surface area contributed by atoms with Crippen LogP contribution in [0.25, 0.3) is 0 Å². The fourth-order valence-electron chi connectivity index (χ4n) is 3.75. The third kappa shape index (κ3) is 2.36. The van der Waals surface area contributed by atoms with Crippen LogP contribution in [0.5, 0.6) is 0 Å². The van der Waals surface area contributed by atoms with Crippen LogP contribution in [-0.4, -0.2) is 6.85 Å². The fraction of sp³-hybridized carbons (Fsp3) is 0.600. The van der Waals surface area contributed by atoms with Crippen molar-refractivity contribution in [3.63, 3.8) is 0 Å². The second-order valence-corrected chi connectivity index (χ2v) is 5.92. The van der Waals surface area contributed by atoms with Gasteiger partial charge in [0.25, 0.3) is 6.85 Å². The first kappa shape index (κ1) is 11.2. The number of aryl methyl sites for hydroxylation is 1. The molecule has 2 fully saturated rings. The predicted molar refractivity (Wildman–Crippen MR) is 75.8 cm³/mol. The molecule has 2 saturated heterocycles. The van der Waals surface area contributed by atoms with Crippen LogP contribution in [0.4, 0.5) is 5.69 Å². The third-order valence-electron chi connectivity index (χ3n) is 4.70. The van der Waals surface area contributed by atoms with Crippen molar-refractivity contribution in [3.8, 4) is 0 Å². The van der Waals surface area contributed by atoms with Gasteiger partial charge in [-0.15, -0.1) is 0 Å². The lowest BCUT2D eigenvalue weighted by molar-refractivity contribution is 0.445. The van der Waals surface area contributed by atoms with Gasteiger partial charge in [0.2, 0.25) is 0 Å². The van der Waals surface area contributed by atoms with Crippen molar-refractivity contribution >= 4 is 12.5 Å². The third-order valence-corrected chi connectivity index (χ3v) is 4.70. The Morgan fingerprint density at radius 2 is 1.47 bits per heavy atom. The molecular weight excluding hydrogens is 205 g/mol.